The highest BCUT2D eigenvalue weighted by Crippen LogP contribution is 2.16. The lowest BCUT2D eigenvalue weighted by Crippen LogP contribution is -2.48. The second kappa shape index (κ2) is 8.08. The monoisotopic (exact) mass is 256 g/mol. The van der Waals surface area contributed by atoms with Gasteiger partial charge in [0.25, 0.3) is 0 Å². The van der Waals surface area contributed by atoms with Crippen LogP contribution in [-0.2, 0) is 9.59 Å². The molecule has 1 atom stereocenters. The van der Waals surface area contributed by atoms with Crippen molar-refractivity contribution in [3.05, 3.63) is 0 Å². The number of aliphatic hydroxyl groups excluding tert-OH is 1. The molecule has 0 radical (unpaired) electrons. The molecule has 0 aromatic rings. The van der Waals surface area contributed by atoms with Crippen molar-refractivity contribution in [3.63, 3.8) is 0 Å². The number of hydrogen-bond donors (Lipinski definition) is 3. The zero-order valence-electron chi connectivity index (χ0n) is 11.1. The van der Waals surface area contributed by atoms with Crippen molar-refractivity contribution in [2.45, 2.75) is 64.0 Å². The minimum Gasteiger partial charge on any atom is -0.394 e. The summed E-state index contributed by atoms with van der Waals surface area (Å²) in [6, 6.07) is -0.211. The van der Waals surface area contributed by atoms with Crippen molar-refractivity contribution in [1.82, 2.24) is 10.6 Å². The van der Waals surface area contributed by atoms with E-state index in [1.807, 2.05) is 6.92 Å². The van der Waals surface area contributed by atoms with E-state index in [0.29, 0.717) is 6.42 Å². The van der Waals surface area contributed by atoms with Gasteiger partial charge in [0.2, 0.25) is 0 Å². The first-order chi connectivity index (χ1) is 8.67. The Kier molecular flexibility index (Phi) is 6.72. The molecule has 0 spiro atoms. The van der Waals surface area contributed by atoms with Crippen molar-refractivity contribution >= 4 is 11.8 Å². The van der Waals surface area contributed by atoms with E-state index in [1.54, 1.807) is 0 Å². The molecule has 0 heterocycles. The van der Waals surface area contributed by atoms with Crippen LogP contribution in [0.1, 0.15) is 51.9 Å². The number of hydrogen-bond acceptors (Lipinski definition) is 3. The van der Waals surface area contributed by atoms with Crippen LogP contribution in [0, 0.1) is 0 Å². The van der Waals surface area contributed by atoms with Crippen LogP contribution in [0.2, 0.25) is 0 Å². The van der Waals surface area contributed by atoms with E-state index in [1.165, 1.54) is 12.8 Å². The largest absolute Gasteiger partial charge is 0.394 e. The molecule has 1 rings (SSSR count). The summed E-state index contributed by atoms with van der Waals surface area (Å²) in [6.45, 7) is 1.71. The molecular formula is C13H24N2O3. The maximum Gasteiger partial charge on any atom is 0.309 e. The second-order valence-corrected chi connectivity index (χ2v) is 4.92. The smallest absolute Gasteiger partial charge is 0.309 e. The van der Waals surface area contributed by atoms with Crippen LogP contribution in [0.4, 0.5) is 0 Å². The predicted molar refractivity (Wildman–Crippen MR) is 68.9 cm³/mol. The Balaban J connectivity index is 2.36. The topological polar surface area (TPSA) is 78.4 Å². The normalized spacial score (nSPS) is 18.8. The lowest BCUT2D eigenvalue weighted by molar-refractivity contribution is -0.140. The fourth-order valence-corrected chi connectivity index (χ4v) is 2.20. The maximum atomic E-state index is 11.7. The van der Waals surface area contributed by atoms with E-state index in [2.05, 4.69) is 10.6 Å². The molecule has 0 bridgehead atoms. The van der Waals surface area contributed by atoms with Crippen LogP contribution in [0.25, 0.3) is 0 Å². The minimum atomic E-state index is -0.639. The van der Waals surface area contributed by atoms with Gasteiger partial charge in [-0.15, -0.1) is 0 Å². The number of aliphatic hydroxyl groups is 1. The van der Waals surface area contributed by atoms with Crippen molar-refractivity contribution < 1.29 is 14.7 Å². The predicted octanol–water partition coefficient (Wildman–Crippen LogP) is 0.712. The third-order valence-corrected chi connectivity index (χ3v) is 3.45. The van der Waals surface area contributed by atoms with Gasteiger partial charge >= 0.3 is 11.8 Å². The molecule has 2 amide bonds. The van der Waals surface area contributed by atoms with Crippen molar-refractivity contribution in [2.75, 3.05) is 6.61 Å². The second-order valence-electron chi connectivity index (χ2n) is 4.92. The van der Waals surface area contributed by atoms with Gasteiger partial charge in [0.1, 0.15) is 0 Å². The fraction of sp³-hybridized carbons (Fsp3) is 0.846. The fourth-order valence-electron chi connectivity index (χ4n) is 2.20. The average molecular weight is 256 g/mol. The van der Waals surface area contributed by atoms with Gasteiger partial charge in [0.05, 0.1) is 12.6 Å². The number of amides is 2. The zero-order valence-corrected chi connectivity index (χ0v) is 11.1. The first-order valence-electron chi connectivity index (χ1n) is 6.89. The highest BCUT2D eigenvalue weighted by molar-refractivity contribution is 6.35. The number of carbonyl (C=O) groups excluding carboxylic acids is 2. The van der Waals surface area contributed by atoms with Crippen LogP contribution in [0.5, 0.6) is 0 Å². The molecule has 1 aliphatic rings. The van der Waals surface area contributed by atoms with Crippen LogP contribution < -0.4 is 10.6 Å². The third kappa shape index (κ3) is 5.04. The summed E-state index contributed by atoms with van der Waals surface area (Å²) >= 11 is 0. The molecule has 0 aliphatic heterocycles. The molecule has 5 heteroatoms. The van der Waals surface area contributed by atoms with Gasteiger partial charge in [-0.1, -0.05) is 32.6 Å². The molecule has 18 heavy (non-hydrogen) atoms. The highest BCUT2D eigenvalue weighted by atomic mass is 16.3. The summed E-state index contributed by atoms with van der Waals surface area (Å²) in [4.78, 5) is 23.3. The van der Waals surface area contributed by atoms with E-state index < -0.39 is 11.8 Å². The van der Waals surface area contributed by atoms with Crippen LogP contribution in [-0.4, -0.2) is 35.6 Å². The molecule has 1 fully saturated rings. The first-order valence-corrected chi connectivity index (χ1v) is 6.89. The lowest BCUT2D eigenvalue weighted by atomic mass is 10.1. The summed E-state index contributed by atoms with van der Waals surface area (Å²) in [5, 5.41) is 14.3. The first kappa shape index (κ1) is 15.0. The van der Waals surface area contributed by atoms with Gasteiger partial charge in [-0.05, 0) is 19.3 Å². The molecule has 0 aromatic heterocycles. The van der Waals surface area contributed by atoms with E-state index in [9.17, 15) is 9.59 Å². The lowest BCUT2D eigenvalue weighted by Gasteiger charge is -2.18. The summed E-state index contributed by atoms with van der Waals surface area (Å²) in [6.07, 6.45) is 7.16. The Labute approximate surface area is 108 Å². The number of nitrogens with one attached hydrogen (secondary N) is 2. The van der Waals surface area contributed by atoms with Crippen LogP contribution >= 0.6 is 0 Å². The quantitative estimate of drug-likeness (QED) is 0.512. The molecule has 104 valence electrons. The third-order valence-electron chi connectivity index (χ3n) is 3.45. The van der Waals surface area contributed by atoms with Crippen LogP contribution in [0.3, 0.4) is 0 Å². The molecule has 3 N–H and O–H groups in total. The molecular weight excluding hydrogens is 232 g/mol. The van der Waals surface area contributed by atoms with Gasteiger partial charge in [-0.25, -0.2) is 0 Å². The summed E-state index contributed by atoms with van der Waals surface area (Å²) in [5.74, 6) is -1.21. The van der Waals surface area contributed by atoms with Gasteiger partial charge < -0.3 is 15.7 Å². The molecule has 5 nitrogen and oxygen atoms in total. The van der Waals surface area contributed by atoms with Crippen molar-refractivity contribution in [1.29, 1.82) is 0 Å². The average Bonchev–Trinajstić information content (AvgIpc) is 2.64. The van der Waals surface area contributed by atoms with Gasteiger partial charge in [0.15, 0.2) is 0 Å². The molecule has 1 saturated carbocycles. The van der Waals surface area contributed by atoms with Crippen molar-refractivity contribution in [3.8, 4) is 0 Å². The van der Waals surface area contributed by atoms with E-state index in [-0.39, 0.29) is 18.7 Å². The highest BCUT2D eigenvalue weighted by Gasteiger charge is 2.21. The Bertz CT molecular complexity index is 269. The van der Waals surface area contributed by atoms with Crippen LogP contribution in [0.15, 0.2) is 0 Å². The number of carbonyl (C=O) groups is 2. The van der Waals surface area contributed by atoms with Gasteiger partial charge in [-0.2, -0.15) is 0 Å². The van der Waals surface area contributed by atoms with E-state index in [0.717, 1.165) is 25.7 Å². The van der Waals surface area contributed by atoms with Crippen molar-refractivity contribution in [2.24, 2.45) is 0 Å². The van der Waals surface area contributed by atoms with E-state index in [4.69, 9.17) is 5.11 Å². The summed E-state index contributed by atoms with van der Waals surface area (Å²) < 4.78 is 0. The molecule has 0 saturated heterocycles. The molecule has 1 unspecified atom stereocenters. The summed E-state index contributed by atoms with van der Waals surface area (Å²) in [7, 11) is 0. The standard InChI is InChI=1S/C13H24N2O3/c1-2-10(9-16)14-12(17)13(18)15-11-7-5-3-4-6-8-11/h10-11,16H,2-9H2,1H3,(H,14,17)(H,15,18). The Hall–Kier alpha value is -1.10. The molecule has 0 aromatic carbocycles. The van der Waals surface area contributed by atoms with Gasteiger partial charge in [-0.3, -0.25) is 9.59 Å². The molecule has 1 aliphatic carbocycles. The maximum absolute atomic E-state index is 11.7. The SMILES string of the molecule is CCC(CO)NC(=O)C(=O)NC1CCCCCC1. The Morgan fingerprint density at radius 1 is 1.17 bits per heavy atom. The minimum absolute atomic E-state index is 0.125. The summed E-state index contributed by atoms with van der Waals surface area (Å²) in [5.41, 5.74) is 0. The van der Waals surface area contributed by atoms with E-state index >= 15 is 0 Å². The van der Waals surface area contributed by atoms with Gasteiger partial charge in [0, 0.05) is 6.04 Å². The number of rotatable bonds is 4. The zero-order chi connectivity index (χ0) is 13.4. The Morgan fingerprint density at radius 3 is 2.28 bits per heavy atom. The Morgan fingerprint density at radius 2 is 1.78 bits per heavy atom.